The van der Waals surface area contributed by atoms with Crippen molar-refractivity contribution in [1.82, 2.24) is 0 Å². The number of hydrogen-bond acceptors (Lipinski definition) is 5. The molecule has 0 aromatic rings. The normalized spacial score (nSPS) is 21.5. The summed E-state index contributed by atoms with van der Waals surface area (Å²) in [6.45, 7) is -0.647. The van der Waals surface area contributed by atoms with Crippen molar-refractivity contribution < 1.29 is 25.5 Å². The van der Waals surface area contributed by atoms with E-state index in [9.17, 15) is 0 Å². The molecule has 6 heteroatoms. The zero-order valence-corrected chi connectivity index (χ0v) is 8.50. The SMILES string of the molecule is OCC(O)C(O)C(O)C(O)CI. The Balaban J connectivity index is 3.99. The summed E-state index contributed by atoms with van der Waals surface area (Å²) in [5, 5.41) is 44.5. The molecule has 4 atom stereocenters. The van der Waals surface area contributed by atoms with Gasteiger partial charge >= 0.3 is 0 Å². The van der Waals surface area contributed by atoms with Crippen molar-refractivity contribution in [3.05, 3.63) is 0 Å². The maximum atomic E-state index is 9.11. The fourth-order valence-corrected chi connectivity index (χ4v) is 1.18. The minimum atomic E-state index is -1.51. The molecule has 12 heavy (non-hydrogen) atoms. The highest BCUT2D eigenvalue weighted by Gasteiger charge is 2.28. The van der Waals surface area contributed by atoms with Gasteiger partial charge in [-0.3, -0.25) is 0 Å². The van der Waals surface area contributed by atoms with Crippen LogP contribution in [0.4, 0.5) is 0 Å². The molecule has 0 aromatic heterocycles. The highest BCUT2D eigenvalue weighted by atomic mass is 127. The van der Waals surface area contributed by atoms with Crippen LogP contribution in [0.3, 0.4) is 0 Å². The van der Waals surface area contributed by atoms with Crippen LogP contribution in [0.25, 0.3) is 0 Å². The van der Waals surface area contributed by atoms with Gasteiger partial charge in [-0.15, -0.1) is 0 Å². The van der Waals surface area contributed by atoms with Crippen LogP contribution in [0.1, 0.15) is 0 Å². The van der Waals surface area contributed by atoms with Gasteiger partial charge in [0, 0.05) is 4.43 Å². The average molecular weight is 292 g/mol. The van der Waals surface area contributed by atoms with Crippen LogP contribution >= 0.6 is 22.6 Å². The molecule has 0 fully saturated rings. The smallest absolute Gasteiger partial charge is 0.111 e. The molecule has 0 radical (unpaired) electrons. The molecule has 0 aromatic carbocycles. The molecule has 74 valence electrons. The quantitative estimate of drug-likeness (QED) is 0.294. The van der Waals surface area contributed by atoms with Gasteiger partial charge in [0.25, 0.3) is 0 Å². The predicted molar refractivity (Wildman–Crippen MR) is 50.0 cm³/mol. The zero-order chi connectivity index (χ0) is 9.72. The van der Waals surface area contributed by atoms with Crippen molar-refractivity contribution >= 4 is 22.6 Å². The predicted octanol–water partition coefficient (Wildman–Crippen LogP) is -2.14. The Morgan fingerprint density at radius 2 is 1.33 bits per heavy atom. The number of rotatable bonds is 5. The average Bonchev–Trinajstić information content (AvgIpc) is 2.12. The lowest BCUT2D eigenvalue weighted by Crippen LogP contribution is -2.46. The number of aliphatic hydroxyl groups excluding tert-OH is 5. The lowest BCUT2D eigenvalue weighted by Gasteiger charge is -2.24. The molecule has 0 saturated carbocycles. The van der Waals surface area contributed by atoms with E-state index in [1.165, 1.54) is 0 Å². The highest BCUT2D eigenvalue weighted by Crippen LogP contribution is 2.06. The molecule has 0 bridgehead atoms. The Morgan fingerprint density at radius 1 is 0.917 bits per heavy atom. The third kappa shape index (κ3) is 3.50. The van der Waals surface area contributed by atoms with Crippen LogP contribution in [0.2, 0.25) is 0 Å². The summed E-state index contributed by atoms with van der Waals surface area (Å²) in [4.78, 5) is 0. The molecule has 0 aliphatic rings. The molecular weight excluding hydrogens is 279 g/mol. The van der Waals surface area contributed by atoms with Gasteiger partial charge in [-0.05, 0) is 0 Å². The highest BCUT2D eigenvalue weighted by molar-refractivity contribution is 14.1. The molecule has 0 saturated heterocycles. The first-order valence-corrected chi connectivity index (χ1v) is 4.96. The second-order valence-corrected chi connectivity index (χ2v) is 3.33. The monoisotopic (exact) mass is 292 g/mol. The van der Waals surface area contributed by atoms with Gasteiger partial charge in [0.2, 0.25) is 0 Å². The Kier molecular flexibility index (Phi) is 6.32. The summed E-state index contributed by atoms with van der Waals surface area (Å²) in [6, 6.07) is 0. The van der Waals surface area contributed by atoms with Crippen LogP contribution in [0.5, 0.6) is 0 Å². The Bertz CT molecular complexity index is 109. The summed E-state index contributed by atoms with van der Waals surface area (Å²) in [7, 11) is 0. The minimum absolute atomic E-state index is 0.244. The van der Waals surface area contributed by atoms with Gasteiger partial charge < -0.3 is 25.5 Å². The lowest BCUT2D eigenvalue weighted by atomic mass is 10.0. The molecule has 0 heterocycles. The third-order valence-corrected chi connectivity index (χ3v) is 2.39. The fraction of sp³-hybridized carbons (Fsp3) is 1.00. The van der Waals surface area contributed by atoms with Gasteiger partial charge in [-0.2, -0.15) is 0 Å². The summed E-state index contributed by atoms with van der Waals surface area (Å²) >= 11 is 1.83. The topological polar surface area (TPSA) is 101 Å². The van der Waals surface area contributed by atoms with Gasteiger partial charge in [0.1, 0.15) is 18.3 Å². The maximum absolute atomic E-state index is 9.11. The van der Waals surface area contributed by atoms with E-state index < -0.39 is 31.0 Å². The van der Waals surface area contributed by atoms with E-state index in [4.69, 9.17) is 25.5 Å². The Morgan fingerprint density at radius 3 is 1.67 bits per heavy atom. The van der Waals surface area contributed by atoms with E-state index in [0.717, 1.165) is 0 Å². The van der Waals surface area contributed by atoms with Gasteiger partial charge in [0.15, 0.2) is 0 Å². The summed E-state index contributed by atoms with van der Waals surface area (Å²) in [6.07, 6.45) is -5.46. The molecule has 0 spiro atoms. The second kappa shape index (κ2) is 6.06. The molecule has 5 N–H and O–H groups in total. The van der Waals surface area contributed by atoms with E-state index >= 15 is 0 Å². The number of aliphatic hydroxyl groups is 5. The van der Waals surface area contributed by atoms with Crippen LogP contribution in [-0.2, 0) is 0 Å². The first-order valence-electron chi connectivity index (χ1n) is 3.43. The second-order valence-electron chi connectivity index (χ2n) is 2.45. The molecular formula is C6H13IO5. The van der Waals surface area contributed by atoms with Crippen molar-refractivity contribution in [2.24, 2.45) is 0 Å². The van der Waals surface area contributed by atoms with Crippen LogP contribution in [-0.4, -0.2) is 61.0 Å². The largest absolute Gasteiger partial charge is 0.394 e. The fourth-order valence-electron chi connectivity index (χ4n) is 0.654. The Hall–Kier alpha value is 0.530. The lowest BCUT2D eigenvalue weighted by molar-refractivity contribution is -0.109. The van der Waals surface area contributed by atoms with Crippen LogP contribution in [0, 0.1) is 0 Å². The van der Waals surface area contributed by atoms with E-state index in [0.29, 0.717) is 0 Å². The van der Waals surface area contributed by atoms with E-state index in [-0.39, 0.29) is 4.43 Å². The molecule has 0 aliphatic heterocycles. The minimum Gasteiger partial charge on any atom is -0.394 e. The molecule has 0 amide bonds. The molecule has 0 rings (SSSR count). The molecule has 4 unspecified atom stereocenters. The van der Waals surface area contributed by atoms with Crippen molar-refractivity contribution in [3.8, 4) is 0 Å². The van der Waals surface area contributed by atoms with Crippen LogP contribution in [0.15, 0.2) is 0 Å². The zero-order valence-electron chi connectivity index (χ0n) is 6.34. The standard InChI is InChI=1S/C6H13IO5/c7-1-3(9)5(11)6(12)4(10)2-8/h3-6,8-12H,1-2H2. The van der Waals surface area contributed by atoms with Gasteiger partial charge in [-0.25, -0.2) is 0 Å². The van der Waals surface area contributed by atoms with Crippen molar-refractivity contribution in [3.63, 3.8) is 0 Å². The summed E-state index contributed by atoms with van der Waals surface area (Å²) in [5.74, 6) is 0. The van der Waals surface area contributed by atoms with Crippen LogP contribution < -0.4 is 0 Å². The first kappa shape index (κ1) is 12.5. The summed E-state index contributed by atoms with van der Waals surface area (Å²) in [5.41, 5.74) is 0. The van der Waals surface area contributed by atoms with E-state index in [1.54, 1.807) is 0 Å². The Labute approximate surface area is 83.8 Å². The molecule has 0 aliphatic carbocycles. The first-order chi connectivity index (χ1) is 5.54. The number of alkyl halides is 1. The van der Waals surface area contributed by atoms with Crippen molar-refractivity contribution in [2.75, 3.05) is 11.0 Å². The van der Waals surface area contributed by atoms with Crippen molar-refractivity contribution in [1.29, 1.82) is 0 Å². The molecule has 5 nitrogen and oxygen atoms in total. The summed E-state index contributed by atoms with van der Waals surface area (Å²) < 4.78 is 0.244. The maximum Gasteiger partial charge on any atom is 0.111 e. The van der Waals surface area contributed by atoms with Gasteiger partial charge in [0.05, 0.1) is 12.7 Å². The van der Waals surface area contributed by atoms with E-state index in [2.05, 4.69) is 0 Å². The van der Waals surface area contributed by atoms with Crippen molar-refractivity contribution in [2.45, 2.75) is 24.4 Å². The third-order valence-electron chi connectivity index (χ3n) is 1.48. The van der Waals surface area contributed by atoms with Gasteiger partial charge in [-0.1, -0.05) is 22.6 Å². The number of halogens is 1. The van der Waals surface area contributed by atoms with E-state index in [1.807, 2.05) is 22.6 Å². The number of hydrogen-bond donors (Lipinski definition) is 5.